The third-order valence-corrected chi connectivity index (χ3v) is 4.68. The van der Waals surface area contributed by atoms with Gasteiger partial charge in [0.15, 0.2) is 0 Å². The molecule has 0 saturated heterocycles. The summed E-state index contributed by atoms with van der Waals surface area (Å²) >= 11 is 0. The summed E-state index contributed by atoms with van der Waals surface area (Å²) in [6.45, 7) is 15.1. The van der Waals surface area contributed by atoms with Crippen molar-refractivity contribution in [2.24, 2.45) is 5.41 Å². The molecule has 0 bridgehead atoms. The molecule has 1 rings (SSSR count). The van der Waals surface area contributed by atoms with Gasteiger partial charge in [0, 0.05) is 5.41 Å². The van der Waals surface area contributed by atoms with Crippen molar-refractivity contribution in [3.05, 3.63) is 50.6 Å². The van der Waals surface area contributed by atoms with Crippen molar-refractivity contribution < 1.29 is 10.2 Å². The average Bonchev–Trinajstić information content (AvgIpc) is 2.54. The normalized spacial score (nSPS) is 32.7. The molecule has 1 saturated carbocycles. The van der Waals surface area contributed by atoms with Gasteiger partial charge in [0.2, 0.25) is 0 Å². The van der Waals surface area contributed by atoms with E-state index in [-0.39, 0.29) is 0 Å². The van der Waals surface area contributed by atoms with Gasteiger partial charge in [-0.3, -0.25) is 0 Å². The van der Waals surface area contributed by atoms with Gasteiger partial charge in [0.1, 0.15) is 0 Å². The van der Waals surface area contributed by atoms with E-state index in [1.807, 2.05) is 0 Å². The van der Waals surface area contributed by atoms with Gasteiger partial charge in [-0.2, -0.15) is 0 Å². The number of hydrogen-bond acceptors (Lipinski definition) is 2. The number of aliphatic hydroxyl groups is 2. The Morgan fingerprint density at radius 3 is 1.26 bits per heavy atom. The van der Waals surface area contributed by atoms with Crippen molar-refractivity contribution in [1.82, 2.24) is 0 Å². The Labute approximate surface area is 116 Å². The Morgan fingerprint density at radius 1 is 0.684 bits per heavy atom. The average molecular weight is 262 g/mol. The maximum atomic E-state index is 11.1. The Bertz CT molecular complexity index is 335. The molecule has 0 amide bonds. The third-order valence-electron chi connectivity index (χ3n) is 4.68. The summed E-state index contributed by atoms with van der Waals surface area (Å²) in [5, 5.41) is 22.1. The molecule has 0 spiro atoms. The van der Waals surface area contributed by atoms with Crippen molar-refractivity contribution >= 4 is 0 Å². The minimum absolute atomic E-state index is 0.466. The van der Waals surface area contributed by atoms with Gasteiger partial charge in [-0.25, -0.2) is 0 Å². The zero-order valence-electron chi connectivity index (χ0n) is 11.8. The summed E-state index contributed by atoms with van der Waals surface area (Å²) in [7, 11) is 0. The van der Waals surface area contributed by atoms with Crippen LogP contribution in [0.4, 0.5) is 0 Å². The van der Waals surface area contributed by atoms with Crippen LogP contribution in [0, 0.1) is 5.41 Å². The quantitative estimate of drug-likeness (QED) is 0.657. The highest BCUT2D eigenvalue weighted by atomic mass is 16.3. The topological polar surface area (TPSA) is 40.5 Å². The van der Waals surface area contributed by atoms with Gasteiger partial charge < -0.3 is 10.2 Å². The van der Waals surface area contributed by atoms with Crippen LogP contribution in [0.15, 0.2) is 50.6 Å². The number of rotatable bonds is 8. The molecule has 19 heavy (non-hydrogen) atoms. The van der Waals surface area contributed by atoms with Crippen LogP contribution in [0.1, 0.15) is 38.5 Å². The van der Waals surface area contributed by atoms with Crippen molar-refractivity contribution in [2.75, 3.05) is 0 Å². The highest BCUT2D eigenvalue weighted by Crippen LogP contribution is 2.60. The van der Waals surface area contributed by atoms with Crippen molar-refractivity contribution in [3.63, 3.8) is 0 Å². The lowest BCUT2D eigenvalue weighted by Crippen LogP contribution is -2.55. The molecule has 2 atom stereocenters. The summed E-state index contributed by atoms with van der Waals surface area (Å²) in [5.74, 6) is 0. The van der Waals surface area contributed by atoms with Gasteiger partial charge in [-0.15, -0.1) is 26.3 Å². The van der Waals surface area contributed by atoms with Crippen LogP contribution in [-0.2, 0) is 0 Å². The van der Waals surface area contributed by atoms with E-state index in [4.69, 9.17) is 0 Å². The standard InChI is InChI=1S/C17H26O2/c1-5-9-15(10-6-2)16(18,11-7-3)13-14-17(15,19)12-8-4/h5-8,18-19H,1-4,9-14H2/t16-,17-/m0/s1. The Kier molecular flexibility index (Phi) is 4.94. The molecule has 0 aromatic carbocycles. The van der Waals surface area contributed by atoms with Crippen LogP contribution in [0.25, 0.3) is 0 Å². The van der Waals surface area contributed by atoms with Gasteiger partial charge in [-0.05, 0) is 38.5 Å². The molecule has 0 heterocycles. The van der Waals surface area contributed by atoms with Crippen LogP contribution in [0.2, 0.25) is 0 Å². The smallest absolute Gasteiger partial charge is 0.0772 e. The molecule has 2 nitrogen and oxygen atoms in total. The fourth-order valence-electron chi connectivity index (χ4n) is 3.73. The SMILES string of the molecule is C=CCC1(CC=C)[C@](O)(CC=C)CC[C@@]1(O)CC=C. The Hall–Kier alpha value is -1.12. The van der Waals surface area contributed by atoms with E-state index < -0.39 is 16.6 Å². The Balaban J connectivity index is 3.35. The molecule has 0 aromatic rings. The summed E-state index contributed by atoms with van der Waals surface area (Å²) in [6.07, 6.45) is 10.1. The lowest BCUT2D eigenvalue weighted by molar-refractivity contribution is -0.146. The third kappa shape index (κ3) is 2.35. The molecule has 0 radical (unpaired) electrons. The molecule has 106 valence electrons. The zero-order chi connectivity index (χ0) is 14.6. The second-order valence-corrected chi connectivity index (χ2v) is 5.62. The summed E-state index contributed by atoms with van der Waals surface area (Å²) in [5.41, 5.74) is -2.59. The lowest BCUT2D eigenvalue weighted by Gasteiger charge is -2.49. The first-order chi connectivity index (χ1) is 8.95. The highest BCUT2D eigenvalue weighted by molar-refractivity contribution is 5.21. The van der Waals surface area contributed by atoms with Crippen molar-refractivity contribution in [3.8, 4) is 0 Å². The van der Waals surface area contributed by atoms with Gasteiger partial charge in [0.05, 0.1) is 11.2 Å². The van der Waals surface area contributed by atoms with E-state index >= 15 is 0 Å². The maximum absolute atomic E-state index is 11.1. The Morgan fingerprint density at radius 2 is 1.00 bits per heavy atom. The van der Waals surface area contributed by atoms with Crippen LogP contribution in [-0.4, -0.2) is 21.4 Å². The second kappa shape index (κ2) is 5.89. The first-order valence-electron chi connectivity index (χ1n) is 6.83. The van der Waals surface area contributed by atoms with E-state index in [1.165, 1.54) is 0 Å². The number of allylic oxidation sites excluding steroid dienone is 2. The molecule has 0 aromatic heterocycles. The molecule has 1 aliphatic rings. The van der Waals surface area contributed by atoms with E-state index in [9.17, 15) is 10.2 Å². The predicted molar refractivity (Wildman–Crippen MR) is 80.8 cm³/mol. The molecule has 0 unspecified atom stereocenters. The van der Waals surface area contributed by atoms with E-state index in [2.05, 4.69) is 26.3 Å². The predicted octanol–water partition coefficient (Wildman–Crippen LogP) is 3.53. The van der Waals surface area contributed by atoms with Gasteiger partial charge in [0.25, 0.3) is 0 Å². The second-order valence-electron chi connectivity index (χ2n) is 5.62. The molecule has 1 fully saturated rings. The van der Waals surface area contributed by atoms with Crippen LogP contribution < -0.4 is 0 Å². The fraction of sp³-hybridized carbons (Fsp3) is 0.529. The molecular weight excluding hydrogens is 236 g/mol. The first kappa shape index (κ1) is 15.9. The molecule has 1 aliphatic carbocycles. The monoisotopic (exact) mass is 262 g/mol. The van der Waals surface area contributed by atoms with Crippen LogP contribution in [0.3, 0.4) is 0 Å². The van der Waals surface area contributed by atoms with Gasteiger partial charge >= 0.3 is 0 Å². The summed E-state index contributed by atoms with van der Waals surface area (Å²) in [6, 6.07) is 0. The van der Waals surface area contributed by atoms with E-state index in [0.29, 0.717) is 38.5 Å². The van der Waals surface area contributed by atoms with Crippen LogP contribution >= 0.6 is 0 Å². The zero-order valence-corrected chi connectivity index (χ0v) is 11.8. The minimum atomic E-state index is -0.963. The van der Waals surface area contributed by atoms with Gasteiger partial charge in [-0.1, -0.05) is 24.3 Å². The molecule has 2 N–H and O–H groups in total. The molecule has 0 aliphatic heterocycles. The summed E-state index contributed by atoms with van der Waals surface area (Å²) in [4.78, 5) is 0. The number of hydrogen-bond donors (Lipinski definition) is 2. The summed E-state index contributed by atoms with van der Waals surface area (Å²) < 4.78 is 0. The highest BCUT2D eigenvalue weighted by Gasteiger charge is 2.64. The van der Waals surface area contributed by atoms with E-state index in [1.54, 1.807) is 24.3 Å². The van der Waals surface area contributed by atoms with Crippen LogP contribution in [0.5, 0.6) is 0 Å². The maximum Gasteiger partial charge on any atom is 0.0772 e. The molecule has 2 heteroatoms. The molecular formula is C17H26O2. The lowest BCUT2D eigenvalue weighted by atomic mass is 9.60. The van der Waals surface area contributed by atoms with Crippen molar-refractivity contribution in [2.45, 2.75) is 49.7 Å². The minimum Gasteiger partial charge on any atom is -0.389 e. The van der Waals surface area contributed by atoms with Crippen molar-refractivity contribution in [1.29, 1.82) is 0 Å². The fourth-order valence-corrected chi connectivity index (χ4v) is 3.73. The largest absolute Gasteiger partial charge is 0.389 e. The first-order valence-corrected chi connectivity index (χ1v) is 6.83. The van der Waals surface area contributed by atoms with E-state index in [0.717, 1.165) is 0 Å².